The number of furan rings is 1. The van der Waals surface area contributed by atoms with Gasteiger partial charge in [0.05, 0.1) is 18.4 Å². The van der Waals surface area contributed by atoms with E-state index in [-0.39, 0.29) is 0 Å². The monoisotopic (exact) mass is 285 g/mol. The van der Waals surface area contributed by atoms with E-state index in [1.54, 1.807) is 6.26 Å². The molecule has 0 unspecified atom stereocenters. The number of aromatic nitrogens is 1. The van der Waals surface area contributed by atoms with Crippen molar-refractivity contribution in [1.82, 2.24) is 4.57 Å². The third kappa shape index (κ3) is 2.02. The Kier molecular flexibility index (Phi) is 3.33. The van der Waals surface area contributed by atoms with Gasteiger partial charge in [0.1, 0.15) is 22.3 Å². The van der Waals surface area contributed by atoms with Gasteiger partial charge in [-0.3, -0.25) is 0 Å². The van der Waals surface area contributed by atoms with Gasteiger partial charge in [0.2, 0.25) is 0 Å². The van der Waals surface area contributed by atoms with Crippen molar-refractivity contribution < 1.29 is 4.42 Å². The van der Waals surface area contributed by atoms with Crippen molar-refractivity contribution in [3.63, 3.8) is 0 Å². The lowest BCUT2D eigenvalue weighted by Crippen LogP contribution is -2.17. The first kappa shape index (κ1) is 12.9. The van der Waals surface area contributed by atoms with E-state index in [0.717, 1.165) is 47.2 Å². The molecule has 2 aromatic rings. The first-order chi connectivity index (χ1) is 9.72. The second-order valence-corrected chi connectivity index (χ2v) is 5.39. The van der Waals surface area contributed by atoms with Crippen LogP contribution in [0.15, 0.2) is 22.8 Å². The number of pyridine rings is 1. The van der Waals surface area contributed by atoms with Crippen molar-refractivity contribution in [2.24, 2.45) is 0 Å². The maximum atomic E-state index is 9.42. The van der Waals surface area contributed by atoms with Gasteiger partial charge in [-0.2, -0.15) is 5.26 Å². The minimum absolute atomic E-state index is 0.453. The molecule has 2 heterocycles. The number of rotatable bonds is 2. The van der Waals surface area contributed by atoms with Gasteiger partial charge in [-0.1, -0.05) is 12.2 Å². The van der Waals surface area contributed by atoms with Crippen LogP contribution in [0.1, 0.15) is 35.3 Å². The average molecular weight is 285 g/mol. The minimum Gasteiger partial charge on any atom is -0.467 e. The van der Waals surface area contributed by atoms with Crippen molar-refractivity contribution >= 4 is 18.0 Å². The largest absolute Gasteiger partial charge is 0.467 e. The van der Waals surface area contributed by atoms with Gasteiger partial charge in [0.25, 0.3) is 0 Å². The summed E-state index contributed by atoms with van der Waals surface area (Å²) in [5.74, 6) is 1.24. The summed E-state index contributed by atoms with van der Waals surface area (Å²) in [6.07, 6.45) is 5.66. The Labute approximate surface area is 122 Å². The van der Waals surface area contributed by atoms with Gasteiger partial charge in [-0.05, 0) is 48.9 Å². The summed E-state index contributed by atoms with van der Waals surface area (Å²) in [6, 6.07) is 5.96. The average Bonchev–Trinajstić information content (AvgIpc) is 2.97. The molecule has 1 aliphatic rings. The molecule has 0 atom stereocenters. The zero-order valence-electron chi connectivity index (χ0n) is 11.1. The third-order valence-electron chi connectivity index (χ3n) is 3.83. The molecule has 0 aromatic carbocycles. The molecule has 1 aliphatic carbocycles. The van der Waals surface area contributed by atoms with E-state index in [0.29, 0.717) is 17.9 Å². The smallest absolute Gasteiger partial charge is 0.123 e. The highest BCUT2D eigenvalue weighted by molar-refractivity contribution is 7.71. The summed E-state index contributed by atoms with van der Waals surface area (Å²) in [7, 11) is 0. The van der Waals surface area contributed by atoms with E-state index in [1.165, 1.54) is 0 Å². The number of hydrogen-bond acceptors (Lipinski definition) is 4. The van der Waals surface area contributed by atoms with Crippen molar-refractivity contribution in [2.75, 3.05) is 5.73 Å². The summed E-state index contributed by atoms with van der Waals surface area (Å²) in [5.41, 5.74) is 8.92. The van der Waals surface area contributed by atoms with Crippen molar-refractivity contribution in [1.29, 1.82) is 5.26 Å². The molecule has 5 heteroatoms. The molecular formula is C15H15N3OS. The molecule has 0 radical (unpaired) electrons. The molecule has 0 amide bonds. The maximum Gasteiger partial charge on any atom is 0.123 e. The molecule has 0 spiro atoms. The number of nitriles is 1. The fraction of sp³-hybridized carbons (Fsp3) is 0.333. The van der Waals surface area contributed by atoms with Crippen molar-refractivity contribution in [3.05, 3.63) is 45.5 Å². The lowest BCUT2D eigenvalue weighted by molar-refractivity contribution is 0.491. The molecule has 2 N–H and O–H groups in total. The van der Waals surface area contributed by atoms with Crippen LogP contribution in [0.4, 0.5) is 5.82 Å². The number of anilines is 1. The molecule has 0 bridgehead atoms. The van der Waals surface area contributed by atoms with Crippen molar-refractivity contribution in [2.45, 2.75) is 32.2 Å². The molecule has 0 saturated heterocycles. The molecule has 20 heavy (non-hydrogen) atoms. The van der Waals surface area contributed by atoms with Crippen LogP contribution in [0.25, 0.3) is 0 Å². The molecule has 2 aromatic heterocycles. The second kappa shape index (κ2) is 5.14. The van der Waals surface area contributed by atoms with Crippen LogP contribution in [0.3, 0.4) is 0 Å². The summed E-state index contributed by atoms with van der Waals surface area (Å²) >= 11 is 5.58. The molecule has 102 valence electrons. The summed E-state index contributed by atoms with van der Waals surface area (Å²) < 4.78 is 7.92. The van der Waals surface area contributed by atoms with Crippen LogP contribution in [0, 0.1) is 16.0 Å². The van der Waals surface area contributed by atoms with Gasteiger partial charge >= 0.3 is 0 Å². The lowest BCUT2D eigenvalue weighted by atomic mass is 9.90. The third-order valence-corrected chi connectivity index (χ3v) is 4.29. The maximum absolute atomic E-state index is 9.42. The Morgan fingerprint density at radius 2 is 2.10 bits per heavy atom. The SMILES string of the molecule is N#Cc1c2c(c(=S)n(Cc3ccco3)c1N)CCCC2. The van der Waals surface area contributed by atoms with E-state index in [2.05, 4.69) is 6.07 Å². The van der Waals surface area contributed by atoms with Crippen LogP contribution < -0.4 is 5.73 Å². The van der Waals surface area contributed by atoms with E-state index in [4.69, 9.17) is 22.4 Å². The van der Waals surface area contributed by atoms with Crippen molar-refractivity contribution in [3.8, 4) is 6.07 Å². The molecule has 3 rings (SSSR count). The second-order valence-electron chi connectivity index (χ2n) is 5.01. The fourth-order valence-corrected chi connectivity index (χ4v) is 3.21. The Morgan fingerprint density at radius 1 is 1.35 bits per heavy atom. The Morgan fingerprint density at radius 3 is 2.75 bits per heavy atom. The van der Waals surface area contributed by atoms with Gasteiger partial charge in [-0.15, -0.1) is 0 Å². The molecule has 0 fully saturated rings. The number of nitrogens with zero attached hydrogens (tertiary/aromatic N) is 2. The highest BCUT2D eigenvalue weighted by Gasteiger charge is 2.20. The highest BCUT2D eigenvalue weighted by atomic mass is 32.1. The number of nitrogen functional groups attached to an aromatic ring is 1. The fourth-order valence-electron chi connectivity index (χ4n) is 2.82. The summed E-state index contributed by atoms with van der Waals surface area (Å²) in [4.78, 5) is 0. The van der Waals surface area contributed by atoms with Gasteiger partial charge in [0, 0.05) is 0 Å². The topological polar surface area (TPSA) is 67.9 Å². The van der Waals surface area contributed by atoms with Crippen LogP contribution in [-0.4, -0.2) is 4.57 Å². The zero-order chi connectivity index (χ0) is 14.1. The highest BCUT2D eigenvalue weighted by Crippen LogP contribution is 2.30. The van der Waals surface area contributed by atoms with E-state index >= 15 is 0 Å². The Balaban J connectivity index is 2.20. The molecule has 0 aliphatic heterocycles. The number of nitrogens with two attached hydrogens (primary N) is 1. The molecule has 4 nitrogen and oxygen atoms in total. The predicted molar refractivity (Wildman–Crippen MR) is 78.8 cm³/mol. The normalized spacial score (nSPS) is 13.8. The van der Waals surface area contributed by atoms with Crippen LogP contribution in [0.5, 0.6) is 0 Å². The first-order valence-electron chi connectivity index (χ1n) is 6.69. The van der Waals surface area contributed by atoms with E-state index in [1.807, 2.05) is 16.7 Å². The summed E-state index contributed by atoms with van der Waals surface area (Å²) in [6.45, 7) is 0.472. The Bertz CT molecular complexity index is 738. The van der Waals surface area contributed by atoms with E-state index in [9.17, 15) is 5.26 Å². The minimum atomic E-state index is 0.453. The van der Waals surface area contributed by atoms with Gasteiger partial charge < -0.3 is 14.7 Å². The van der Waals surface area contributed by atoms with Gasteiger partial charge in [-0.25, -0.2) is 0 Å². The standard InChI is InChI=1S/C15H15N3OS/c16-8-13-11-5-1-2-6-12(11)15(20)18(14(13)17)9-10-4-3-7-19-10/h3-4,7H,1-2,5-6,9,17H2. The lowest BCUT2D eigenvalue weighted by Gasteiger charge is -2.22. The van der Waals surface area contributed by atoms with Crippen LogP contribution >= 0.6 is 12.2 Å². The first-order valence-corrected chi connectivity index (χ1v) is 7.09. The molecular weight excluding hydrogens is 270 g/mol. The van der Waals surface area contributed by atoms with Crippen LogP contribution in [0.2, 0.25) is 0 Å². The predicted octanol–water partition coefficient (Wildman–Crippen LogP) is 3.19. The van der Waals surface area contributed by atoms with Gasteiger partial charge in [0.15, 0.2) is 0 Å². The van der Waals surface area contributed by atoms with Crippen LogP contribution in [-0.2, 0) is 19.4 Å². The van der Waals surface area contributed by atoms with E-state index < -0.39 is 0 Å². The number of hydrogen-bond donors (Lipinski definition) is 1. The summed E-state index contributed by atoms with van der Waals surface area (Å²) in [5, 5.41) is 9.42. The Hall–Kier alpha value is -2.06. The number of fused-ring (bicyclic) bond motifs is 1. The quantitative estimate of drug-likeness (QED) is 0.860. The zero-order valence-corrected chi connectivity index (χ0v) is 11.9. The molecule has 0 saturated carbocycles.